The van der Waals surface area contributed by atoms with Crippen LogP contribution < -0.4 is 10.5 Å². The van der Waals surface area contributed by atoms with Crippen LogP contribution in [-0.2, 0) is 10.0 Å². The Kier molecular flexibility index (Phi) is 2.72. The number of rotatable bonds is 3. The highest BCUT2D eigenvalue weighted by Crippen LogP contribution is 2.65. The van der Waals surface area contributed by atoms with Crippen LogP contribution in [0.4, 0.5) is 0 Å². The molecule has 3 saturated carbocycles. The van der Waals surface area contributed by atoms with E-state index in [1.165, 1.54) is 43.5 Å². The van der Waals surface area contributed by atoms with Gasteiger partial charge >= 0.3 is 0 Å². The number of fused-ring (bicyclic) bond motifs is 5. The average Bonchev–Trinajstić information content (AvgIpc) is 2.83. The van der Waals surface area contributed by atoms with Gasteiger partial charge in [-0.15, -0.1) is 0 Å². The molecule has 0 saturated heterocycles. The van der Waals surface area contributed by atoms with E-state index < -0.39 is 10.0 Å². The number of amides is 1. The molecular formula is C15H18N2O3S. The van der Waals surface area contributed by atoms with Gasteiger partial charge in [0, 0.05) is 11.6 Å². The molecule has 3 N–H and O–H groups in total. The third kappa shape index (κ3) is 2.08. The number of hydrogen-bond acceptors (Lipinski definition) is 3. The van der Waals surface area contributed by atoms with Crippen LogP contribution >= 0.6 is 0 Å². The lowest BCUT2D eigenvalue weighted by Gasteiger charge is -2.10. The molecule has 6 heteroatoms. The Balaban J connectivity index is 1.44. The van der Waals surface area contributed by atoms with Crippen molar-refractivity contribution in [3.05, 3.63) is 29.8 Å². The molecule has 0 spiro atoms. The fourth-order valence-corrected chi connectivity index (χ4v) is 5.06. The zero-order valence-electron chi connectivity index (χ0n) is 11.5. The maximum absolute atomic E-state index is 12.2. The second-order valence-corrected chi connectivity index (χ2v) is 8.12. The van der Waals surface area contributed by atoms with E-state index in [4.69, 9.17) is 5.14 Å². The highest BCUT2D eigenvalue weighted by molar-refractivity contribution is 7.89. The van der Waals surface area contributed by atoms with E-state index in [2.05, 4.69) is 5.32 Å². The number of hydrogen-bond donors (Lipinski definition) is 2. The Morgan fingerprint density at radius 3 is 2.19 bits per heavy atom. The molecule has 112 valence electrons. The van der Waals surface area contributed by atoms with E-state index >= 15 is 0 Å². The molecule has 3 aliphatic carbocycles. The number of primary sulfonamides is 1. The molecular weight excluding hydrogens is 288 g/mol. The monoisotopic (exact) mass is 306 g/mol. The van der Waals surface area contributed by atoms with Crippen LogP contribution in [0.3, 0.4) is 0 Å². The van der Waals surface area contributed by atoms with Gasteiger partial charge in [0.05, 0.1) is 4.90 Å². The maximum Gasteiger partial charge on any atom is 0.251 e. The van der Waals surface area contributed by atoms with Crippen LogP contribution in [0.2, 0.25) is 0 Å². The highest BCUT2D eigenvalue weighted by atomic mass is 32.2. The Labute approximate surface area is 124 Å². The summed E-state index contributed by atoms with van der Waals surface area (Å²) in [5, 5.41) is 8.16. The van der Waals surface area contributed by atoms with Gasteiger partial charge in [-0.25, -0.2) is 13.6 Å². The third-order valence-corrected chi connectivity index (χ3v) is 6.41. The number of nitrogens with one attached hydrogen (secondary N) is 1. The fraction of sp³-hybridized carbons (Fsp3) is 0.533. The van der Waals surface area contributed by atoms with E-state index in [9.17, 15) is 13.2 Å². The normalized spacial score (nSPS) is 36.3. The van der Waals surface area contributed by atoms with Crippen LogP contribution in [0.25, 0.3) is 0 Å². The van der Waals surface area contributed by atoms with Crippen molar-refractivity contribution in [2.75, 3.05) is 0 Å². The molecule has 4 unspecified atom stereocenters. The first-order valence-corrected chi connectivity index (χ1v) is 8.93. The zero-order valence-corrected chi connectivity index (χ0v) is 12.3. The van der Waals surface area contributed by atoms with Crippen molar-refractivity contribution >= 4 is 15.9 Å². The molecule has 4 rings (SSSR count). The second kappa shape index (κ2) is 4.30. The van der Waals surface area contributed by atoms with Gasteiger partial charge in [-0.3, -0.25) is 4.79 Å². The predicted octanol–water partition coefficient (Wildman–Crippen LogP) is 1.11. The molecule has 21 heavy (non-hydrogen) atoms. The van der Waals surface area contributed by atoms with Crippen molar-refractivity contribution in [2.24, 2.45) is 28.8 Å². The largest absolute Gasteiger partial charge is 0.349 e. The molecule has 5 nitrogen and oxygen atoms in total. The van der Waals surface area contributed by atoms with E-state index in [0.717, 1.165) is 11.8 Å². The number of benzene rings is 1. The van der Waals surface area contributed by atoms with Crippen LogP contribution in [-0.4, -0.2) is 20.4 Å². The van der Waals surface area contributed by atoms with Gasteiger partial charge in [-0.1, -0.05) is 0 Å². The molecule has 0 aliphatic heterocycles. The summed E-state index contributed by atoms with van der Waals surface area (Å²) in [4.78, 5) is 12.3. The lowest BCUT2D eigenvalue weighted by Crippen LogP contribution is -2.29. The molecule has 1 amide bonds. The molecule has 0 radical (unpaired) electrons. The summed E-state index contributed by atoms with van der Waals surface area (Å²) in [6, 6.07) is 6.12. The van der Waals surface area contributed by atoms with Crippen molar-refractivity contribution in [3.63, 3.8) is 0 Å². The summed E-state index contributed by atoms with van der Waals surface area (Å²) in [7, 11) is -3.71. The van der Waals surface area contributed by atoms with Crippen molar-refractivity contribution in [1.82, 2.24) is 5.32 Å². The van der Waals surface area contributed by atoms with Crippen LogP contribution in [0.5, 0.6) is 0 Å². The van der Waals surface area contributed by atoms with E-state index in [1.54, 1.807) is 0 Å². The first kappa shape index (κ1) is 13.3. The lowest BCUT2D eigenvalue weighted by atomic mass is 10.0. The fourth-order valence-electron chi connectivity index (χ4n) is 4.55. The first-order chi connectivity index (χ1) is 9.95. The van der Waals surface area contributed by atoms with Gasteiger partial charge in [0.2, 0.25) is 10.0 Å². The molecule has 1 aromatic rings. The Bertz CT molecular complexity index is 682. The lowest BCUT2D eigenvalue weighted by molar-refractivity contribution is 0.0944. The van der Waals surface area contributed by atoms with Gasteiger partial charge in [0.15, 0.2) is 0 Å². The van der Waals surface area contributed by atoms with Gasteiger partial charge in [0.25, 0.3) is 5.91 Å². The number of carbonyl (C=O) groups is 1. The van der Waals surface area contributed by atoms with Crippen LogP contribution in [0.15, 0.2) is 29.2 Å². The molecule has 3 fully saturated rings. The summed E-state index contributed by atoms with van der Waals surface area (Å²) >= 11 is 0. The summed E-state index contributed by atoms with van der Waals surface area (Å²) in [6.45, 7) is 0. The summed E-state index contributed by atoms with van der Waals surface area (Å²) in [6.07, 6.45) is 3.99. The topological polar surface area (TPSA) is 89.3 Å². The summed E-state index contributed by atoms with van der Waals surface area (Å²) in [5.41, 5.74) is 0.486. The Morgan fingerprint density at radius 2 is 1.67 bits per heavy atom. The number of sulfonamides is 1. The molecule has 0 heterocycles. The quantitative estimate of drug-likeness (QED) is 0.876. The van der Waals surface area contributed by atoms with Crippen molar-refractivity contribution in [3.8, 4) is 0 Å². The van der Waals surface area contributed by atoms with Crippen molar-refractivity contribution in [2.45, 2.75) is 30.2 Å². The molecule has 1 aromatic carbocycles. The van der Waals surface area contributed by atoms with E-state index in [1.807, 2.05) is 0 Å². The Hall–Kier alpha value is -1.40. The first-order valence-electron chi connectivity index (χ1n) is 7.39. The zero-order chi connectivity index (χ0) is 14.8. The minimum Gasteiger partial charge on any atom is -0.349 e. The smallest absolute Gasteiger partial charge is 0.251 e. The average molecular weight is 306 g/mol. The third-order valence-electron chi connectivity index (χ3n) is 5.48. The minimum absolute atomic E-state index is 0.0281. The second-order valence-electron chi connectivity index (χ2n) is 6.56. The summed E-state index contributed by atoms with van der Waals surface area (Å²) < 4.78 is 22.4. The minimum atomic E-state index is -3.71. The summed E-state index contributed by atoms with van der Waals surface area (Å²) in [5.74, 6) is 2.90. The molecule has 0 aromatic heterocycles. The van der Waals surface area contributed by atoms with Crippen LogP contribution in [0.1, 0.15) is 29.6 Å². The van der Waals surface area contributed by atoms with Gasteiger partial charge < -0.3 is 5.32 Å². The Morgan fingerprint density at radius 1 is 1.10 bits per heavy atom. The standard InChI is InChI=1S/C15H18N2O3S/c16-21(19,20)11-5-3-8(4-6-11)15(18)17-14-12-9-1-2-10(7-9)13(12)14/h3-6,9-10,12-14H,1-2,7H2,(H,17,18)(H2,16,19,20). The van der Waals surface area contributed by atoms with Gasteiger partial charge in [0.1, 0.15) is 0 Å². The van der Waals surface area contributed by atoms with Gasteiger partial charge in [-0.2, -0.15) is 0 Å². The van der Waals surface area contributed by atoms with Crippen molar-refractivity contribution < 1.29 is 13.2 Å². The van der Waals surface area contributed by atoms with E-state index in [-0.39, 0.29) is 10.8 Å². The molecule has 3 aliphatic rings. The number of carbonyl (C=O) groups excluding carboxylic acids is 1. The predicted molar refractivity (Wildman–Crippen MR) is 76.9 cm³/mol. The SMILES string of the molecule is NS(=O)(=O)c1ccc(C(=O)NC2C3C4CCC(C4)C23)cc1. The highest BCUT2D eigenvalue weighted by Gasteiger charge is 2.65. The maximum atomic E-state index is 12.2. The molecule has 2 bridgehead atoms. The molecule has 4 atom stereocenters. The number of nitrogens with two attached hydrogens (primary N) is 1. The van der Waals surface area contributed by atoms with Gasteiger partial charge in [-0.05, 0) is 67.2 Å². The van der Waals surface area contributed by atoms with E-state index in [0.29, 0.717) is 23.4 Å². The van der Waals surface area contributed by atoms with Crippen molar-refractivity contribution in [1.29, 1.82) is 0 Å². The van der Waals surface area contributed by atoms with Crippen LogP contribution in [0, 0.1) is 23.7 Å².